The summed E-state index contributed by atoms with van der Waals surface area (Å²) in [5.41, 5.74) is 0.595. The Labute approximate surface area is 201 Å². The number of sulfonamides is 1. The number of nitrogens with zero attached hydrogens (tertiary/aromatic N) is 1. The molecule has 1 fully saturated rings. The van der Waals surface area contributed by atoms with Gasteiger partial charge in [-0.05, 0) is 49.7 Å². The van der Waals surface area contributed by atoms with Crippen LogP contribution >= 0.6 is 0 Å². The van der Waals surface area contributed by atoms with E-state index in [2.05, 4.69) is 12.2 Å². The van der Waals surface area contributed by atoms with Gasteiger partial charge in [-0.3, -0.25) is 4.79 Å². The molecule has 0 radical (unpaired) electrons. The van der Waals surface area contributed by atoms with E-state index in [1.807, 2.05) is 6.92 Å². The van der Waals surface area contributed by atoms with Gasteiger partial charge in [0, 0.05) is 18.7 Å². The van der Waals surface area contributed by atoms with E-state index in [4.69, 9.17) is 18.9 Å². The number of morpholine rings is 1. The number of methoxy groups -OCH3 is 1. The smallest absolute Gasteiger partial charge is 0.255 e. The number of carbonyl (C=O) groups excluding carboxylic acids is 1. The predicted octanol–water partition coefficient (Wildman–Crippen LogP) is 3.55. The fraction of sp³-hybridized carbons (Fsp3) is 0.458. The maximum absolute atomic E-state index is 13.0. The zero-order valence-electron chi connectivity index (χ0n) is 19.8. The number of rotatable bonds is 11. The molecule has 1 N–H and O–H groups in total. The third-order valence-corrected chi connectivity index (χ3v) is 7.18. The minimum atomic E-state index is -3.73. The summed E-state index contributed by atoms with van der Waals surface area (Å²) in [5.74, 6) is 0.962. The fourth-order valence-electron chi connectivity index (χ4n) is 3.44. The number of unbranched alkanes of at least 4 members (excludes halogenated alkanes) is 1. The molecule has 0 unspecified atom stereocenters. The lowest BCUT2D eigenvalue weighted by atomic mass is 10.1. The van der Waals surface area contributed by atoms with Crippen LogP contribution in [0.15, 0.2) is 41.3 Å². The number of nitrogens with one attached hydrogen (secondary N) is 1. The average Bonchev–Trinajstić information content (AvgIpc) is 2.85. The molecule has 0 aliphatic carbocycles. The summed E-state index contributed by atoms with van der Waals surface area (Å²) < 4.78 is 49.5. The van der Waals surface area contributed by atoms with Crippen LogP contribution in [0.3, 0.4) is 0 Å². The monoisotopic (exact) mass is 492 g/mol. The molecule has 186 valence electrons. The van der Waals surface area contributed by atoms with Crippen molar-refractivity contribution >= 4 is 21.6 Å². The Morgan fingerprint density at radius 2 is 1.76 bits per heavy atom. The lowest BCUT2D eigenvalue weighted by Gasteiger charge is -2.26. The van der Waals surface area contributed by atoms with E-state index in [1.165, 1.54) is 29.6 Å². The Hall–Kier alpha value is -2.82. The molecular formula is C24H32N2O7S. The zero-order valence-corrected chi connectivity index (χ0v) is 20.7. The van der Waals surface area contributed by atoms with Gasteiger partial charge >= 0.3 is 0 Å². The van der Waals surface area contributed by atoms with Gasteiger partial charge in [0.05, 0.1) is 44.1 Å². The average molecular weight is 493 g/mol. The van der Waals surface area contributed by atoms with Gasteiger partial charge in [0.2, 0.25) is 10.0 Å². The highest BCUT2D eigenvalue weighted by Crippen LogP contribution is 2.32. The number of amides is 1. The molecule has 1 aliphatic heterocycles. The molecule has 0 bridgehead atoms. The largest absolute Gasteiger partial charge is 0.495 e. The van der Waals surface area contributed by atoms with Gasteiger partial charge < -0.3 is 24.3 Å². The number of hydrogen-bond acceptors (Lipinski definition) is 7. The predicted molar refractivity (Wildman–Crippen MR) is 129 cm³/mol. The standard InChI is InChI=1S/C24H32N2O7S/c1-4-6-13-33-22-9-7-18(16-23(22)32-5-2)24(27)25-20-17-19(8-10-21(20)30-3)34(28,29)26-11-14-31-15-12-26/h7-10,16-17H,4-6,11-15H2,1-3H3,(H,25,27). The van der Waals surface area contributed by atoms with Crippen LogP contribution < -0.4 is 19.5 Å². The van der Waals surface area contributed by atoms with Gasteiger partial charge in [-0.25, -0.2) is 8.42 Å². The number of carbonyl (C=O) groups is 1. The summed E-state index contributed by atoms with van der Waals surface area (Å²) in [4.78, 5) is 13.1. The molecule has 0 saturated carbocycles. The SMILES string of the molecule is CCCCOc1ccc(C(=O)Nc2cc(S(=O)(=O)N3CCOCC3)ccc2OC)cc1OCC. The second-order valence-electron chi connectivity index (χ2n) is 7.63. The lowest BCUT2D eigenvalue weighted by Crippen LogP contribution is -2.40. The first-order chi connectivity index (χ1) is 16.4. The van der Waals surface area contributed by atoms with Crippen molar-refractivity contribution < 1.29 is 32.2 Å². The van der Waals surface area contributed by atoms with Gasteiger partial charge in [0.25, 0.3) is 5.91 Å². The third kappa shape index (κ3) is 6.19. The molecule has 1 heterocycles. The van der Waals surface area contributed by atoms with Crippen LogP contribution in [0.1, 0.15) is 37.0 Å². The molecule has 2 aromatic rings. The van der Waals surface area contributed by atoms with E-state index < -0.39 is 15.9 Å². The number of anilines is 1. The van der Waals surface area contributed by atoms with Crippen molar-refractivity contribution in [1.82, 2.24) is 4.31 Å². The van der Waals surface area contributed by atoms with Crippen LogP contribution in [0, 0.1) is 0 Å². The van der Waals surface area contributed by atoms with Crippen molar-refractivity contribution in [3.05, 3.63) is 42.0 Å². The van der Waals surface area contributed by atoms with Gasteiger partial charge in [0.1, 0.15) is 5.75 Å². The van der Waals surface area contributed by atoms with Gasteiger partial charge in [-0.2, -0.15) is 4.31 Å². The number of ether oxygens (including phenoxy) is 4. The third-order valence-electron chi connectivity index (χ3n) is 5.29. The van der Waals surface area contributed by atoms with Crippen LogP contribution in [0.25, 0.3) is 0 Å². The van der Waals surface area contributed by atoms with Crippen molar-refractivity contribution in [3.8, 4) is 17.2 Å². The molecule has 1 saturated heterocycles. The van der Waals surface area contributed by atoms with Crippen LogP contribution in [-0.2, 0) is 14.8 Å². The van der Waals surface area contributed by atoms with Crippen LogP contribution in [0.4, 0.5) is 5.69 Å². The highest BCUT2D eigenvalue weighted by Gasteiger charge is 2.27. The summed E-state index contributed by atoms with van der Waals surface area (Å²) in [5, 5.41) is 2.77. The van der Waals surface area contributed by atoms with Gasteiger partial charge in [-0.1, -0.05) is 13.3 Å². The van der Waals surface area contributed by atoms with E-state index >= 15 is 0 Å². The second-order valence-corrected chi connectivity index (χ2v) is 9.57. The molecule has 10 heteroatoms. The van der Waals surface area contributed by atoms with E-state index in [1.54, 1.807) is 18.2 Å². The summed E-state index contributed by atoms with van der Waals surface area (Å²) in [7, 11) is -2.28. The van der Waals surface area contributed by atoms with E-state index in [0.29, 0.717) is 49.2 Å². The molecule has 1 amide bonds. The van der Waals surface area contributed by atoms with Crippen LogP contribution in [0.5, 0.6) is 17.2 Å². The second kappa shape index (κ2) is 12.0. The van der Waals surface area contributed by atoms with Crippen molar-refractivity contribution in [1.29, 1.82) is 0 Å². The molecule has 0 aromatic heterocycles. The van der Waals surface area contributed by atoms with Crippen LogP contribution in [-0.4, -0.2) is 65.3 Å². The maximum Gasteiger partial charge on any atom is 0.255 e. The Balaban J connectivity index is 1.84. The highest BCUT2D eigenvalue weighted by atomic mass is 32.2. The minimum Gasteiger partial charge on any atom is -0.495 e. The van der Waals surface area contributed by atoms with Crippen molar-refractivity contribution in [2.24, 2.45) is 0 Å². The summed E-state index contributed by atoms with van der Waals surface area (Å²) in [6, 6.07) is 9.36. The molecule has 9 nitrogen and oxygen atoms in total. The molecule has 2 aromatic carbocycles. The fourth-order valence-corrected chi connectivity index (χ4v) is 4.87. The summed E-state index contributed by atoms with van der Waals surface area (Å²) in [6.45, 7) is 6.17. The summed E-state index contributed by atoms with van der Waals surface area (Å²) in [6.07, 6.45) is 1.92. The van der Waals surface area contributed by atoms with Crippen molar-refractivity contribution in [2.45, 2.75) is 31.6 Å². The molecule has 0 atom stereocenters. The van der Waals surface area contributed by atoms with Crippen molar-refractivity contribution in [3.63, 3.8) is 0 Å². The first-order valence-corrected chi connectivity index (χ1v) is 12.8. The van der Waals surface area contributed by atoms with E-state index in [9.17, 15) is 13.2 Å². The Morgan fingerprint density at radius 1 is 1.03 bits per heavy atom. The molecule has 3 rings (SSSR count). The molecular weight excluding hydrogens is 460 g/mol. The van der Waals surface area contributed by atoms with Crippen LogP contribution in [0.2, 0.25) is 0 Å². The first-order valence-electron chi connectivity index (χ1n) is 11.4. The Kier molecular flexibility index (Phi) is 9.14. The van der Waals surface area contributed by atoms with Gasteiger partial charge in [-0.15, -0.1) is 0 Å². The normalized spacial score (nSPS) is 14.4. The lowest BCUT2D eigenvalue weighted by molar-refractivity contribution is 0.0730. The first kappa shape index (κ1) is 25.8. The Bertz CT molecular complexity index is 1080. The topological polar surface area (TPSA) is 103 Å². The molecule has 1 aliphatic rings. The minimum absolute atomic E-state index is 0.0696. The molecule has 34 heavy (non-hydrogen) atoms. The van der Waals surface area contributed by atoms with Crippen molar-refractivity contribution in [2.75, 3.05) is 51.9 Å². The zero-order chi connectivity index (χ0) is 24.6. The van der Waals surface area contributed by atoms with E-state index in [0.717, 1.165) is 12.8 Å². The maximum atomic E-state index is 13.0. The summed E-state index contributed by atoms with van der Waals surface area (Å²) >= 11 is 0. The number of hydrogen-bond donors (Lipinski definition) is 1. The van der Waals surface area contributed by atoms with Gasteiger partial charge in [0.15, 0.2) is 11.5 Å². The molecule has 0 spiro atoms. The quantitative estimate of drug-likeness (QED) is 0.479. The highest BCUT2D eigenvalue weighted by molar-refractivity contribution is 7.89. The number of benzene rings is 2. The Morgan fingerprint density at radius 3 is 2.44 bits per heavy atom. The van der Waals surface area contributed by atoms with E-state index in [-0.39, 0.29) is 23.7 Å².